The van der Waals surface area contributed by atoms with Crippen molar-refractivity contribution in [3.8, 4) is 22.6 Å². The second-order valence-corrected chi connectivity index (χ2v) is 7.00. The Hall–Kier alpha value is -2.83. The molecule has 0 atom stereocenters. The zero-order valence-electron chi connectivity index (χ0n) is 14.4. The van der Waals surface area contributed by atoms with Gasteiger partial charge in [-0.1, -0.05) is 41.6 Å². The van der Waals surface area contributed by atoms with Gasteiger partial charge in [0.15, 0.2) is 5.76 Å². The highest BCUT2D eigenvalue weighted by Gasteiger charge is 2.12. The molecule has 0 saturated carbocycles. The normalized spacial score (nSPS) is 11.2. The van der Waals surface area contributed by atoms with Crippen LogP contribution in [0.15, 0.2) is 70.7 Å². The summed E-state index contributed by atoms with van der Waals surface area (Å²) < 4.78 is 5.45. The molecular weight excluding hydrogens is 344 g/mol. The van der Waals surface area contributed by atoms with Crippen LogP contribution >= 0.6 is 11.3 Å². The van der Waals surface area contributed by atoms with Crippen molar-refractivity contribution in [1.82, 2.24) is 20.0 Å². The Balaban J connectivity index is 1.40. The van der Waals surface area contributed by atoms with E-state index >= 15 is 0 Å². The molecule has 1 aromatic carbocycles. The smallest absolute Gasteiger partial charge is 0.151 e. The third kappa shape index (κ3) is 3.87. The van der Waals surface area contributed by atoms with Crippen molar-refractivity contribution in [2.75, 3.05) is 7.05 Å². The Morgan fingerprint density at radius 1 is 0.962 bits per heavy atom. The minimum absolute atomic E-state index is 0.667. The molecule has 0 spiro atoms. The lowest BCUT2D eigenvalue weighted by atomic mass is 10.2. The lowest BCUT2D eigenvalue weighted by Gasteiger charge is -2.12. The van der Waals surface area contributed by atoms with Gasteiger partial charge >= 0.3 is 0 Å². The molecule has 6 heteroatoms. The van der Waals surface area contributed by atoms with E-state index in [0.29, 0.717) is 6.54 Å². The predicted molar refractivity (Wildman–Crippen MR) is 102 cm³/mol. The van der Waals surface area contributed by atoms with Gasteiger partial charge in [-0.15, -0.1) is 11.3 Å². The molecule has 26 heavy (non-hydrogen) atoms. The van der Waals surface area contributed by atoms with E-state index in [0.717, 1.165) is 40.0 Å². The number of thiazole rings is 1. The Labute approximate surface area is 156 Å². The zero-order chi connectivity index (χ0) is 17.8. The number of rotatable bonds is 6. The van der Waals surface area contributed by atoms with Crippen molar-refractivity contribution in [2.45, 2.75) is 13.1 Å². The number of hydrogen-bond acceptors (Lipinski definition) is 6. The van der Waals surface area contributed by atoms with E-state index in [1.807, 2.05) is 49.5 Å². The van der Waals surface area contributed by atoms with Gasteiger partial charge in [0, 0.05) is 23.2 Å². The summed E-state index contributed by atoms with van der Waals surface area (Å²) in [5, 5.41) is 7.30. The van der Waals surface area contributed by atoms with Crippen LogP contribution < -0.4 is 0 Å². The molecule has 0 N–H and O–H groups in total. The molecule has 0 amide bonds. The molecule has 4 rings (SSSR count). The summed E-state index contributed by atoms with van der Waals surface area (Å²) in [4.78, 5) is 11.2. The molecule has 3 heterocycles. The van der Waals surface area contributed by atoms with E-state index in [2.05, 4.69) is 32.6 Å². The minimum atomic E-state index is 0.667. The number of aromatic nitrogens is 3. The maximum atomic E-state index is 5.45. The molecule has 0 fully saturated rings. The monoisotopic (exact) mass is 362 g/mol. The van der Waals surface area contributed by atoms with Gasteiger partial charge in [-0.25, -0.2) is 4.98 Å². The highest BCUT2D eigenvalue weighted by Crippen LogP contribution is 2.23. The second-order valence-electron chi connectivity index (χ2n) is 6.06. The van der Waals surface area contributed by atoms with Gasteiger partial charge < -0.3 is 4.52 Å². The molecule has 0 aliphatic carbocycles. The molecule has 0 aliphatic heterocycles. The van der Waals surface area contributed by atoms with Crippen LogP contribution in [0.3, 0.4) is 0 Å². The molecule has 5 nitrogen and oxygen atoms in total. The lowest BCUT2D eigenvalue weighted by Crippen LogP contribution is -2.16. The number of hydrogen-bond donors (Lipinski definition) is 0. The van der Waals surface area contributed by atoms with Crippen molar-refractivity contribution >= 4 is 11.3 Å². The molecule has 0 unspecified atom stereocenters. The molecule has 0 aliphatic rings. The number of pyridine rings is 1. The Morgan fingerprint density at radius 2 is 1.81 bits per heavy atom. The van der Waals surface area contributed by atoms with E-state index in [1.54, 1.807) is 17.5 Å². The molecule has 3 aromatic heterocycles. The average Bonchev–Trinajstić information content (AvgIpc) is 3.33. The van der Waals surface area contributed by atoms with Crippen LogP contribution in [0.1, 0.15) is 10.8 Å². The minimum Gasteiger partial charge on any atom is -0.359 e. The first-order chi connectivity index (χ1) is 12.8. The van der Waals surface area contributed by atoms with Crippen LogP contribution in [0, 0.1) is 0 Å². The highest BCUT2D eigenvalue weighted by atomic mass is 32.1. The topological polar surface area (TPSA) is 55.1 Å². The van der Waals surface area contributed by atoms with Gasteiger partial charge in [0.05, 0.1) is 24.5 Å². The van der Waals surface area contributed by atoms with Crippen molar-refractivity contribution in [2.24, 2.45) is 0 Å². The highest BCUT2D eigenvalue weighted by molar-refractivity contribution is 7.09. The van der Waals surface area contributed by atoms with Crippen molar-refractivity contribution < 1.29 is 4.52 Å². The average molecular weight is 362 g/mol. The maximum Gasteiger partial charge on any atom is 0.151 e. The van der Waals surface area contributed by atoms with E-state index in [-0.39, 0.29) is 0 Å². The Kier molecular flexibility index (Phi) is 4.86. The van der Waals surface area contributed by atoms with Crippen molar-refractivity contribution in [1.29, 1.82) is 0 Å². The van der Waals surface area contributed by atoms with Crippen LogP contribution in [0.4, 0.5) is 0 Å². The van der Waals surface area contributed by atoms with Crippen LogP contribution in [-0.2, 0) is 13.1 Å². The number of benzene rings is 1. The zero-order valence-corrected chi connectivity index (χ0v) is 15.2. The van der Waals surface area contributed by atoms with E-state index < -0.39 is 0 Å². The Bertz CT molecular complexity index is 886. The summed E-state index contributed by atoms with van der Waals surface area (Å²) in [6, 6.07) is 17.9. The molecule has 0 radical (unpaired) electrons. The predicted octanol–water partition coefficient (Wildman–Crippen LogP) is 4.49. The molecule has 130 valence electrons. The SMILES string of the molecule is CN(Cc1cc(-c2ccccn2)no1)Cc1nc(-c2ccccc2)cs1. The summed E-state index contributed by atoms with van der Waals surface area (Å²) in [5.74, 6) is 0.813. The summed E-state index contributed by atoms with van der Waals surface area (Å²) >= 11 is 1.68. The van der Waals surface area contributed by atoms with Gasteiger partial charge in [0.1, 0.15) is 10.7 Å². The largest absolute Gasteiger partial charge is 0.359 e. The quantitative estimate of drug-likeness (QED) is 0.506. The van der Waals surface area contributed by atoms with E-state index in [4.69, 9.17) is 9.51 Å². The van der Waals surface area contributed by atoms with Crippen LogP contribution in [0.5, 0.6) is 0 Å². The summed E-state index contributed by atoms with van der Waals surface area (Å²) in [6.45, 7) is 1.43. The Morgan fingerprint density at radius 3 is 2.62 bits per heavy atom. The van der Waals surface area contributed by atoms with Crippen molar-refractivity contribution in [3.05, 3.63) is 76.9 Å². The standard InChI is InChI=1S/C20H18N4OS/c1-24(12-16-11-18(23-25-16)17-9-5-6-10-21-17)13-20-22-19(14-26-20)15-7-3-2-4-8-15/h2-11,14H,12-13H2,1H3. The fourth-order valence-electron chi connectivity index (χ4n) is 2.70. The van der Waals surface area contributed by atoms with Crippen molar-refractivity contribution in [3.63, 3.8) is 0 Å². The van der Waals surface area contributed by atoms with Gasteiger partial charge in [0.2, 0.25) is 0 Å². The fourth-order valence-corrected chi connectivity index (χ4v) is 3.58. The molecule has 0 saturated heterocycles. The summed E-state index contributed by atoms with van der Waals surface area (Å²) in [6.07, 6.45) is 1.75. The third-order valence-electron chi connectivity index (χ3n) is 3.94. The molecule has 4 aromatic rings. The molecule has 0 bridgehead atoms. The van der Waals surface area contributed by atoms with Gasteiger partial charge in [0.25, 0.3) is 0 Å². The first-order valence-corrected chi connectivity index (χ1v) is 9.21. The summed E-state index contributed by atoms with van der Waals surface area (Å²) in [5.41, 5.74) is 3.75. The van der Waals surface area contributed by atoms with Crippen LogP contribution in [-0.4, -0.2) is 27.1 Å². The fraction of sp³-hybridized carbons (Fsp3) is 0.150. The molecular formula is C20H18N4OS. The van der Waals surface area contributed by atoms with Gasteiger partial charge in [-0.3, -0.25) is 9.88 Å². The lowest BCUT2D eigenvalue weighted by molar-refractivity contribution is 0.266. The maximum absolute atomic E-state index is 5.45. The third-order valence-corrected chi connectivity index (χ3v) is 4.77. The van der Waals surface area contributed by atoms with Crippen LogP contribution in [0.2, 0.25) is 0 Å². The van der Waals surface area contributed by atoms with Gasteiger partial charge in [-0.05, 0) is 19.2 Å². The van der Waals surface area contributed by atoms with E-state index in [9.17, 15) is 0 Å². The van der Waals surface area contributed by atoms with Crippen LogP contribution in [0.25, 0.3) is 22.6 Å². The van der Waals surface area contributed by atoms with E-state index in [1.165, 1.54) is 0 Å². The van der Waals surface area contributed by atoms with Gasteiger partial charge in [-0.2, -0.15) is 0 Å². The first kappa shape index (κ1) is 16.6. The number of nitrogens with zero attached hydrogens (tertiary/aromatic N) is 4. The summed E-state index contributed by atoms with van der Waals surface area (Å²) in [7, 11) is 2.05. The first-order valence-electron chi connectivity index (χ1n) is 8.33. The second kappa shape index (κ2) is 7.59.